The van der Waals surface area contributed by atoms with Crippen molar-refractivity contribution < 1.29 is 19.1 Å². The van der Waals surface area contributed by atoms with Crippen LogP contribution in [0.5, 0.6) is 11.5 Å². The van der Waals surface area contributed by atoms with Crippen LogP contribution >= 0.6 is 15.9 Å². The number of amides is 1. The minimum atomic E-state index is -0.512. The third-order valence-corrected chi connectivity index (χ3v) is 5.00. The van der Waals surface area contributed by atoms with E-state index >= 15 is 0 Å². The number of carbonyl (C=O) groups excluding carboxylic acids is 2. The van der Waals surface area contributed by atoms with Crippen LogP contribution in [0.3, 0.4) is 0 Å². The number of methoxy groups -OCH3 is 1. The second-order valence-electron chi connectivity index (χ2n) is 6.42. The molecule has 0 fully saturated rings. The molecule has 0 saturated carbocycles. The Morgan fingerprint density at radius 1 is 1.04 bits per heavy atom. The van der Waals surface area contributed by atoms with Gasteiger partial charge in [0.2, 0.25) is 0 Å². The lowest BCUT2D eigenvalue weighted by atomic mass is 10.1. The van der Waals surface area contributed by atoms with Crippen molar-refractivity contribution in [1.29, 1.82) is 0 Å². The van der Waals surface area contributed by atoms with E-state index in [0.717, 1.165) is 29.3 Å². The van der Waals surface area contributed by atoms with Gasteiger partial charge in [0.25, 0.3) is 11.7 Å². The fraction of sp³-hybridized carbons (Fsp3) is 0.333. The average Bonchev–Trinajstić information content (AvgIpc) is 2.90. The molecule has 1 aliphatic heterocycles. The maximum Gasteiger partial charge on any atom is 0.299 e. The molecule has 0 bridgehead atoms. The van der Waals surface area contributed by atoms with Crippen molar-refractivity contribution in [2.75, 3.05) is 18.6 Å². The smallest absolute Gasteiger partial charge is 0.299 e. The molecule has 0 radical (unpaired) electrons. The van der Waals surface area contributed by atoms with E-state index in [9.17, 15) is 9.59 Å². The topological polar surface area (TPSA) is 55.8 Å². The van der Waals surface area contributed by atoms with Gasteiger partial charge in [-0.15, -0.1) is 0 Å². The molecule has 0 atom stereocenters. The normalized spacial score (nSPS) is 13.1. The zero-order chi connectivity index (χ0) is 19.4. The van der Waals surface area contributed by atoms with Crippen LogP contribution in [0.15, 0.2) is 40.9 Å². The molecule has 2 aromatic rings. The quantitative estimate of drug-likeness (QED) is 0.446. The first-order valence-electron chi connectivity index (χ1n) is 9.00. The van der Waals surface area contributed by atoms with Crippen molar-refractivity contribution in [1.82, 2.24) is 0 Å². The minimum Gasteiger partial charge on any atom is -0.493 e. The third kappa shape index (κ3) is 4.16. The third-order valence-electron chi connectivity index (χ3n) is 4.51. The van der Waals surface area contributed by atoms with Crippen LogP contribution < -0.4 is 14.4 Å². The van der Waals surface area contributed by atoms with Crippen LogP contribution in [0, 0.1) is 0 Å². The summed E-state index contributed by atoms with van der Waals surface area (Å²) in [4.78, 5) is 26.1. The minimum absolute atomic E-state index is 0.297. The fourth-order valence-electron chi connectivity index (χ4n) is 3.08. The molecule has 5 nitrogen and oxygen atoms in total. The number of carbonyl (C=O) groups is 2. The second-order valence-corrected chi connectivity index (χ2v) is 7.34. The van der Waals surface area contributed by atoms with Gasteiger partial charge in [-0.3, -0.25) is 9.59 Å². The first-order chi connectivity index (χ1) is 13.0. The molecule has 1 heterocycles. The van der Waals surface area contributed by atoms with Gasteiger partial charge in [-0.25, -0.2) is 0 Å². The van der Waals surface area contributed by atoms with Gasteiger partial charge in [-0.1, -0.05) is 41.8 Å². The van der Waals surface area contributed by atoms with Crippen molar-refractivity contribution >= 4 is 33.3 Å². The molecule has 1 aliphatic rings. The monoisotopic (exact) mass is 431 g/mol. The van der Waals surface area contributed by atoms with Crippen molar-refractivity contribution in [2.24, 2.45) is 0 Å². The first-order valence-corrected chi connectivity index (χ1v) is 9.80. The van der Waals surface area contributed by atoms with Gasteiger partial charge in [0, 0.05) is 4.47 Å². The Morgan fingerprint density at radius 2 is 1.85 bits per heavy atom. The Kier molecular flexibility index (Phi) is 6.16. The maximum atomic E-state index is 12.4. The molecule has 0 unspecified atom stereocenters. The summed E-state index contributed by atoms with van der Waals surface area (Å²) < 4.78 is 12.0. The van der Waals surface area contributed by atoms with Crippen LogP contribution in [0.1, 0.15) is 42.1 Å². The molecule has 2 aromatic carbocycles. The molecule has 0 aliphatic carbocycles. The highest BCUT2D eigenvalue weighted by Gasteiger charge is 2.35. The van der Waals surface area contributed by atoms with Gasteiger partial charge in [-0.2, -0.15) is 0 Å². The Balaban J connectivity index is 1.78. The highest BCUT2D eigenvalue weighted by atomic mass is 79.9. The van der Waals surface area contributed by atoms with Crippen LogP contribution in [0.25, 0.3) is 0 Å². The van der Waals surface area contributed by atoms with Crippen LogP contribution in [-0.4, -0.2) is 25.4 Å². The van der Waals surface area contributed by atoms with E-state index in [4.69, 9.17) is 9.47 Å². The molecule has 3 rings (SSSR count). The lowest BCUT2D eigenvalue weighted by Crippen LogP contribution is -2.29. The van der Waals surface area contributed by atoms with Gasteiger partial charge in [0.1, 0.15) is 0 Å². The predicted molar refractivity (Wildman–Crippen MR) is 108 cm³/mol. The van der Waals surface area contributed by atoms with Crippen LogP contribution in [0.4, 0.5) is 5.69 Å². The van der Waals surface area contributed by atoms with E-state index in [1.165, 1.54) is 4.90 Å². The molecule has 142 valence electrons. The van der Waals surface area contributed by atoms with E-state index in [1.807, 2.05) is 24.3 Å². The van der Waals surface area contributed by atoms with Crippen molar-refractivity contribution in [2.45, 2.75) is 32.7 Å². The summed E-state index contributed by atoms with van der Waals surface area (Å²) in [5, 5.41) is 0. The molecule has 27 heavy (non-hydrogen) atoms. The first kappa shape index (κ1) is 19.4. The number of hydrogen-bond acceptors (Lipinski definition) is 4. The molecular weight excluding hydrogens is 410 g/mol. The van der Waals surface area contributed by atoms with E-state index in [2.05, 4.69) is 22.9 Å². The fourth-order valence-corrected chi connectivity index (χ4v) is 3.44. The van der Waals surface area contributed by atoms with Crippen molar-refractivity contribution in [3.05, 3.63) is 52.0 Å². The molecule has 0 saturated heterocycles. The van der Waals surface area contributed by atoms with E-state index in [0.29, 0.717) is 35.9 Å². The Labute approximate surface area is 167 Å². The summed E-state index contributed by atoms with van der Waals surface area (Å²) in [5.74, 6) is 0.319. The van der Waals surface area contributed by atoms with Gasteiger partial charge >= 0.3 is 0 Å². The average molecular weight is 432 g/mol. The molecule has 0 N–H and O–H groups in total. The van der Waals surface area contributed by atoms with Gasteiger partial charge in [-0.05, 0) is 42.3 Å². The number of ether oxygens (including phenoxy) is 2. The molecule has 0 spiro atoms. The molecule has 1 amide bonds. The largest absolute Gasteiger partial charge is 0.493 e. The zero-order valence-electron chi connectivity index (χ0n) is 15.5. The maximum absolute atomic E-state index is 12.4. The second kappa shape index (κ2) is 8.57. The standard InChI is InChI=1S/C21H22BrNO4/c1-3-4-5-10-27-18-9-6-14(11-19(18)26-2)13-23-17-8-7-15(22)12-16(17)20(24)21(23)25/h6-9,11-12H,3-5,10,13H2,1-2H3. The summed E-state index contributed by atoms with van der Waals surface area (Å²) >= 11 is 3.34. The highest BCUT2D eigenvalue weighted by molar-refractivity contribution is 9.10. The lowest BCUT2D eigenvalue weighted by Gasteiger charge is -2.18. The number of fused-ring (bicyclic) bond motifs is 1. The number of benzene rings is 2. The Bertz CT molecular complexity index is 865. The molecular formula is C21H22BrNO4. The van der Waals surface area contributed by atoms with Gasteiger partial charge in [0.15, 0.2) is 11.5 Å². The summed E-state index contributed by atoms with van der Waals surface area (Å²) in [6.07, 6.45) is 3.26. The Hall–Kier alpha value is -2.34. The number of hydrogen-bond donors (Lipinski definition) is 0. The van der Waals surface area contributed by atoms with E-state index < -0.39 is 11.7 Å². The lowest BCUT2D eigenvalue weighted by molar-refractivity contribution is -0.114. The van der Waals surface area contributed by atoms with E-state index in [1.54, 1.807) is 19.2 Å². The summed E-state index contributed by atoms with van der Waals surface area (Å²) in [6.45, 7) is 3.09. The number of halogens is 1. The SMILES string of the molecule is CCCCCOc1ccc(CN2C(=O)C(=O)c3cc(Br)ccc32)cc1OC. The summed E-state index contributed by atoms with van der Waals surface area (Å²) in [7, 11) is 1.59. The number of anilines is 1. The number of Topliss-reactive ketones (excluding diaryl/α,β-unsaturated/α-hetero) is 1. The van der Waals surface area contributed by atoms with Gasteiger partial charge < -0.3 is 14.4 Å². The van der Waals surface area contributed by atoms with E-state index in [-0.39, 0.29) is 0 Å². The van der Waals surface area contributed by atoms with Crippen LogP contribution in [-0.2, 0) is 11.3 Å². The predicted octanol–water partition coefficient (Wildman–Crippen LogP) is 4.76. The van der Waals surface area contributed by atoms with Gasteiger partial charge in [0.05, 0.1) is 31.5 Å². The number of unbranched alkanes of at least 4 members (excludes halogenated alkanes) is 2. The molecule has 6 heteroatoms. The van der Waals surface area contributed by atoms with Crippen molar-refractivity contribution in [3.63, 3.8) is 0 Å². The Morgan fingerprint density at radius 3 is 2.59 bits per heavy atom. The summed E-state index contributed by atoms with van der Waals surface area (Å²) in [5.41, 5.74) is 1.92. The number of rotatable bonds is 8. The highest BCUT2D eigenvalue weighted by Crippen LogP contribution is 2.34. The molecule has 0 aromatic heterocycles. The van der Waals surface area contributed by atoms with Crippen LogP contribution in [0.2, 0.25) is 0 Å². The van der Waals surface area contributed by atoms with Crippen molar-refractivity contribution in [3.8, 4) is 11.5 Å². The summed E-state index contributed by atoms with van der Waals surface area (Å²) in [6, 6.07) is 10.9. The number of nitrogens with zero attached hydrogens (tertiary/aromatic N) is 1. The number of ketones is 1. The zero-order valence-corrected chi connectivity index (χ0v) is 17.0.